The summed E-state index contributed by atoms with van der Waals surface area (Å²) in [5.41, 5.74) is 6.01. The smallest absolute Gasteiger partial charge is 0.00725 e. The molecule has 2 rings (SSSR count). The zero-order valence-corrected chi connectivity index (χ0v) is 6.72. The van der Waals surface area contributed by atoms with E-state index in [0.717, 1.165) is 17.8 Å². The summed E-state index contributed by atoms with van der Waals surface area (Å²) in [5.74, 6) is 2.87. The number of nitrogens with two attached hydrogens (primary N) is 1. The maximum Gasteiger partial charge on any atom is 0.00725 e. The average molecular weight is 139 g/mol. The Kier molecular flexibility index (Phi) is 1.48. The fourth-order valence-corrected chi connectivity index (χ4v) is 2.69. The standard InChI is InChI=1S/C9H17N/c1-6-7-4-2-3-5-8(10)9(6)7/h6-9H,2-5,10H2,1H3. The van der Waals surface area contributed by atoms with E-state index in [9.17, 15) is 0 Å². The van der Waals surface area contributed by atoms with Crippen LogP contribution in [0.5, 0.6) is 0 Å². The number of hydrogen-bond donors (Lipinski definition) is 1. The lowest BCUT2D eigenvalue weighted by Gasteiger charge is -2.07. The molecule has 4 unspecified atom stereocenters. The lowest BCUT2D eigenvalue weighted by atomic mass is 10.1. The topological polar surface area (TPSA) is 26.0 Å². The first-order chi connectivity index (χ1) is 4.80. The molecule has 58 valence electrons. The summed E-state index contributed by atoms with van der Waals surface area (Å²) in [6, 6.07) is 0.544. The van der Waals surface area contributed by atoms with Crippen LogP contribution in [0.3, 0.4) is 0 Å². The van der Waals surface area contributed by atoms with Gasteiger partial charge in [-0.1, -0.05) is 19.8 Å². The Morgan fingerprint density at radius 2 is 1.90 bits per heavy atom. The van der Waals surface area contributed by atoms with E-state index < -0.39 is 0 Å². The molecule has 0 aromatic rings. The van der Waals surface area contributed by atoms with Crippen molar-refractivity contribution in [2.75, 3.05) is 0 Å². The molecule has 0 bridgehead atoms. The summed E-state index contributed by atoms with van der Waals surface area (Å²) in [5, 5.41) is 0. The van der Waals surface area contributed by atoms with Gasteiger partial charge in [0.15, 0.2) is 0 Å². The second kappa shape index (κ2) is 2.23. The summed E-state index contributed by atoms with van der Waals surface area (Å²) in [6.07, 6.45) is 5.55. The second-order valence-electron chi connectivity index (χ2n) is 4.05. The largest absolute Gasteiger partial charge is 0.327 e. The first kappa shape index (κ1) is 6.66. The first-order valence-corrected chi connectivity index (χ1v) is 4.56. The van der Waals surface area contributed by atoms with E-state index in [1.165, 1.54) is 25.7 Å². The number of rotatable bonds is 0. The molecule has 0 spiro atoms. The van der Waals surface area contributed by atoms with E-state index in [0.29, 0.717) is 6.04 Å². The molecule has 2 N–H and O–H groups in total. The van der Waals surface area contributed by atoms with Crippen LogP contribution in [0.4, 0.5) is 0 Å². The van der Waals surface area contributed by atoms with Crippen LogP contribution in [-0.4, -0.2) is 6.04 Å². The molecule has 2 saturated carbocycles. The van der Waals surface area contributed by atoms with Crippen molar-refractivity contribution in [3.8, 4) is 0 Å². The van der Waals surface area contributed by atoms with Crippen molar-refractivity contribution in [1.82, 2.24) is 0 Å². The molecule has 1 nitrogen and oxygen atoms in total. The maximum absolute atomic E-state index is 6.01. The van der Waals surface area contributed by atoms with E-state index in [1.807, 2.05) is 0 Å². The van der Waals surface area contributed by atoms with Gasteiger partial charge in [-0.25, -0.2) is 0 Å². The lowest BCUT2D eigenvalue weighted by molar-refractivity contribution is 0.516. The quantitative estimate of drug-likeness (QED) is 0.544. The van der Waals surface area contributed by atoms with Crippen LogP contribution < -0.4 is 5.73 Å². The molecule has 2 aliphatic carbocycles. The Bertz CT molecular complexity index is 129. The van der Waals surface area contributed by atoms with Crippen LogP contribution in [0.25, 0.3) is 0 Å². The molecule has 1 heteroatoms. The van der Waals surface area contributed by atoms with Gasteiger partial charge in [0, 0.05) is 6.04 Å². The highest BCUT2D eigenvalue weighted by atomic mass is 14.7. The van der Waals surface area contributed by atoms with Gasteiger partial charge in [0.25, 0.3) is 0 Å². The summed E-state index contributed by atoms with van der Waals surface area (Å²) in [4.78, 5) is 0. The Labute approximate surface area is 63.0 Å². The van der Waals surface area contributed by atoms with Gasteiger partial charge in [-0.2, -0.15) is 0 Å². The molecule has 2 fully saturated rings. The van der Waals surface area contributed by atoms with Crippen molar-refractivity contribution in [3.63, 3.8) is 0 Å². The Morgan fingerprint density at radius 3 is 2.70 bits per heavy atom. The van der Waals surface area contributed by atoms with E-state index in [4.69, 9.17) is 5.73 Å². The Hall–Kier alpha value is -0.0400. The number of fused-ring (bicyclic) bond motifs is 1. The SMILES string of the molecule is CC1C2CCCCC(N)C12. The molecule has 0 saturated heterocycles. The van der Waals surface area contributed by atoms with E-state index in [2.05, 4.69) is 6.92 Å². The molecule has 10 heavy (non-hydrogen) atoms. The fourth-order valence-electron chi connectivity index (χ4n) is 2.69. The van der Waals surface area contributed by atoms with E-state index in [-0.39, 0.29) is 0 Å². The van der Waals surface area contributed by atoms with Gasteiger partial charge in [-0.05, 0) is 30.6 Å². The molecule has 0 amide bonds. The van der Waals surface area contributed by atoms with Gasteiger partial charge in [0.05, 0.1) is 0 Å². The molecular weight excluding hydrogens is 122 g/mol. The molecular formula is C9H17N. The highest BCUT2D eigenvalue weighted by Gasteiger charge is 2.49. The van der Waals surface area contributed by atoms with Crippen LogP contribution in [0.2, 0.25) is 0 Å². The van der Waals surface area contributed by atoms with E-state index >= 15 is 0 Å². The Balaban J connectivity index is 2.00. The van der Waals surface area contributed by atoms with Crippen LogP contribution in [0.1, 0.15) is 32.6 Å². The van der Waals surface area contributed by atoms with Crippen molar-refractivity contribution < 1.29 is 0 Å². The van der Waals surface area contributed by atoms with Gasteiger partial charge in [0.1, 0.15) is 0 Å². The maximum atomic E-state index is 6.01. The molecule has 0 heterocycles. The third kappa shape index (κ3) is 0.878. The van der Waals surface area contributed by atoms with Crippen LogP contribution >= 0.6 is 0 Å². The molecule has 0 aromatic heterocycles. The minimum atomic E-state index is 0.544. The van der Waals surface area contributed by atoms with Crippen LogP contribution in [0.15, 0.2) is 0 Å². The van der Waals surface area contributed by atoms with Gasteiger partial charge < -0.3 is 5.73 Å². The van der Waals surface area contributed by atoms with Gasteiger partial charge in [0.2, 0.25) is 0 Å². The van der Waals surface area contributed by atoms with Gasteiger partial charge in [-0.3, -0.25) is 0 Å². The van der Waals surface area contributed by atoms with Crippen LogP contribution in [-0.2, 0) is 0 Å². The monoisotopic (exact) mass is 139 g/mol. The predicted molar refractivity (Wildman–Crippen MR) is 42.6 cm³/mol. The zero-order valence-electron chi connectivity index (χ0n) is 6.72. The highest BCUT2D eigenvalue weighted by molar-refractivity contribution is 5.00. The molecule has 0 radical (unpaired) electrons. The molecule has 4 atom stereocenters. The van der Waals surface area contributed by atoms with Crippen molar-refractivity contribution in [2.24, 2.45) is 23.5 Å². The highest BCUT2D eigenvalue weighted by Crippen LogP contribution is 2.53. The molecule has 2 aliphatic rings. The summed E-state index contributed by atoms with van der Waals surface area (Å²) >= 11 is 0. The summed E-state index contributed by atoms with van der Waals surface area (Å²) in [7, 11) is 0. The molecule has 0 aromatic carbocycles. The predicted octanol–water partition coefficient (Wildman–Crippen LogP) is 1.77. The lowest BCUT2D eigenvalue weighted by Crippen LogP contribution is -2.22. The normalized spacial score (nSPS) is 53.4. The number of hydrogen-bond acceptors (Lipinski definition) is 1. The van der Waals surface area contributed by atoms with E-state index in [1.54, 1.807) is 0 Å². The third-order valence-corrected chi connectivity index (χ3v) is 3.46. The van der Waals surface area contributed by atoms with Gasteiger partial charge >= 0.3 is 0 Å². The van der Waals surface area contributed by atoms with Crippen LogP contribution in [0, 0.1) is 17.8 Å². The van der Waals surface area contributed by atoms with Gasteiger partial charge in [-0.15, -0.1) is 0 Å². The zero-order chi connectivity index (χ0) is 7.14. The van der Waals surface area contributed by atoms with Crippen molar-refractivity contribution in [1.29, 1.82) is 0 Å². The van der Waals surface area contributed by atoms with Crippen molar-refractivity contribution in [2.45, 2.75) is 38.6 Å². The average Bonchev–Trinajstić information content (AvgIpc) is 2.57. The Morgan fingerprint density at radius 1 is 1.20 bits per heavy atom. The second-order valence-corrected chi connectivity index (χ2v) is 4.05. The first-order valence-electron chi connectivity index (χ1n) is 4.56. The summed E-state index contributed by atoms with van der Waals surface area (Å²) in [6.45, 7) is 2.36. The fraction of sp³-hybridized carbons (Fsp3) is 1.00. The molecule has 0 aliphatic heterocycles. The third-order valence-electron chi connectivity index (χ3n) is 3.46. The summed E-state index contributed by atoms with van der Waals surface area (Å²) < 4.78 is 0. The van der Waals surface area contributed by atoms with Crippen molar-refractivity contribution >= 4 is 0 Å². The minimum absolute atomic E-state index is 0.544. The minimum Gasteiger partial charge on any atom is -0.327 e. The van der Waals surface area contributed by atoms with Crippen molar-refractivity contribution in [3.05, 3.63) is 0 Å².